The van der Waals surface area contributed by atoms with Gasteiger partial charge in [0, 0.05) is 39.9 Å². The van der Waals surface area contributed by atoms with Gasteiger partial charge in [-0.1, -0.05) is 237 Å². The number of nitrogens with zero attached hydrogens (tertiary/aromatic N) is 2. The van der Waals surface area contributed by atoms with Gasteiger partial charge in [-0.2, -0.15) is 0 Å². The van der Waals surface area contributed by atoms with Crippen LogP contribution in [0.4, 0.5) is 17.1 Å². The lowest BCUT2D eigenvalue weighted by Crippen LogP contribution is -2.10. The Kier molecular flexibility index (Phi) is 13.8. The molecule has 0 saturated carbocycles. The first-order chi connectivity index (χ1) is 36.6. The Balaban J connectivity index is 1.01. The van der Waals surface area contributed by atoms with Crippen LogP contribution in [0.2, 0.25) is 0 Å². The zero-order valence-electron chi connectivity index (χ0n) is 41.6. The Labute approximate surface area is 435 Å². The minimum Gasteiger partial charge on any atom is -0.316 e. The van der Waals surface area contributed by atoms with Gasteiger partial charge < -0.3 is 9.47 Å². The second-order valence-corrected chi connectivity index (χ2v) is 18.5. The second kappa shape index (κ2) is 21.9. The van der Waals surface area contributed by atoms with E-state index in [1.165, 1.54) is 55.1 Å². The van der Waals surface area contributed by atoms with Gasteiger partial charge in [0.05, 0.1) is 5.52 Å². The van der Waals surface area contributed by atoms with Crippen molar-refractivity contribution in [3.05, 3.63) is 332 Å². The van der Waals surface area contributed by atoms with Crippen molar-refractivity contribution in [2.75, 3.05) is 4.90 Å². The average molecular weight is 949 g/mol. The first-order valence-corrected chi connectivity index (χ1v) is 25.4. The van der Waals surface area contributed by atoms with Crippen LogP contribution in [-0.2, 0) is 6.42 Å². The number of anilines is 3. The third-order valence-corrected chi connectivity index (χ3v) is 13.8. The Morgan fingerprint density at radius 1 is 0.486 bits per heavy atom. The lowest BCUT2D eigenvalue weighted by Gasteiger charge is -2.27. The van der Waals surface area contributed by atoms with Crippen LogP contribution in [-0.4, -0.2) is 4.57 Å². The van der Waals surface area contributed by atoms with Crippen LogP contribution in [0, 0.1) is 0 Å². The molecule has 0 spiro atoms. The van der Waals surface area contributed by atoms with Crippen LogP contribution in [0.3, 0.4) is 0 Å². The maximum Gasteiger partial charge on any atom is 0.0541 e. The minimum absolute atomic E-state index is 0.827. The number of benzene rings is 10. The first-order valence-electron chi connectivity index (χ1n) is 25.4. The van der Waals surface area contributed by atoms with E-state index in [0.717, 1.165) is 62.6 Å². The molecule has 0 aliphatic carbocycles. The number of fused-ring (bicyclic) bond motifs is 3. The number of aromatic nitrogens is 1. The molecule has 10 aromatic carbocycles. The molecule has 354 valence electrons. The molecule has 0 bridgehead atoms. The summed E-state index contributed by atoms with van der Waals surface area (Å²) in [6.45, 7) is 6.40. The van der Waals surface area contributed by atoms with Crippen molar-refractivity contribution in [2.45, 2.75) is 13.3 Å². The summed E-state index contributed by atoms with van der Waals surface area (Å²) in [6.07, 6.45) is 16.2. The molecule has 2 nitrogen and oxygen atoms in total. The van der Waals surface area contributed by atoms with E-state index in [4.69, 9.17) is 0 Å². The van der Waals surface area contributed by atoms with E-state index in [1.807, 2.05) is 6.08 Å². The molecule has 0 unspecified atom stereocenters. The molecule has 11 aromatic rings. The highest BCUT2D eigenvalue weighted by Crippen LogP contribution is 2.42. The summed E-state index contributed by atoms with van der Waals surface area (Å²) >= 11 is 0. The average Bonchev–Trinajstić information content (AvgIpc) is 3.87. The van der Waals surface area contributed by atoms with Crippen molar-refractivity contribution in [3.63, 3.8) is 0 Å². The lowest BCUT2D eigenvalue weighted by molar-refractivity contribution is 1.12. The van der Waals surface area contributed by atoms with Gasteiger partial charge in [-0.05, 0) is 146 Å². The maximum atomic E-state index is 4.32. The quantitative estimate of drug-likeness (QED) is 0.0930. The van der Waals surface area contributed by atoms with Crippen molar-refractivity contribution in [2.24, 2.45) is 0 Å². The summed E-state index contributed by atoms with van der Waals surface area (Å²) in [7, 11) is 0. The molecule has 74 heavy (non-hydrogen) atoms. The smallest absolute Gasteiger partial charge is 0.0541 e. The fraction of sp³-hybridized carbons (Fsp3) is 0.0278. The van der Waals surface area contributed by atoms with Gasteiger partial charge in [-0.15, -0.1) is 0 Å². The molecule has 0 radical (unpaired) electrons. The lowest BCUT2D eigenvalue weighted by atomic mass is 9.93. The second-order valence-electron chi connectivity index (χ2n) is 18.5. The normalized spacial score (nSPS) is 12.1. The number of allylic oxidation sites excluding steroid dienone is 8. The van der Waals surface area contributed by atoms with Crippen molar-refractivity contribution >= 4 is 55.5 Å². The number of hydrogen-bond donors (Lipinski definition) is 0. The van der Waals surface area contributed by atoms with Gasteiger partial charge in [0.1, 0.15) is 0 Å². The predicted octanol–water partition coefficient (Wildman–Crippen LogP) is 19.5. The molecular weight excluding hydrogens is 893 g/mol. The first kappa shape index (κ1) is 46.9. The third-order valence-electron chi connectivity index (χ3n) is 13.8. The summed E-state index contributed by atoms with van der Waals surface area (Å²) in [6, 6.07) is 91.5. The molecule has 0 N–H and O–H groups in total. The molecule has 0 atom stereocenters. The van der Waals surface area contributed by atoms with E-state index < -0.39 is 0 Å². The van der Waals surface area contributed by atoms with Gasteiger partial charge in [0.2, 0.25) is 0 Å². The summed E-state index contributed by atoms with van der Waals surface area (Å²) in [5, 5.41) is 3.67. The van der Waals surface area contributed by atoms with E-state index in [9.17, 15) is 0 Å². The van der Waals surface area contributed by atoms with Crippen molar-refractivity contribution in [3.8, 4) is 27.9 Å². The summed E-state index contributed by atoms with van der Waals surface area (Å²) < 4.78 is 2.34. The summed E-state index contributed by atoms with van der Waals surface area (Å²) in [4.78, 5) is 2.37. The largest absolute Gasteiger partial charge is 0.316 e. The monoisotopic (exact) mass is 948 g/mol. The topological polar surface area (TPSA) is 8.17 Å². The van der Waals surface area contributed by atoms with E-state index in [-0.39, 0.29) is 0 Å². The van der Waals surface area contributed by atoms with Crippen LogP contribution < -0.4 is 4.90 Å². The highest BCUT2D eigenvalue weighted by atomic mass is 15.1. The number of rotatable bonds is 15. The molecule has 0 fully saturated rings. The van der Waals surface area contributed by atoms with Crippen LogP contribution >= 0.6 is 0 Å². The van der Waals surface area contributed by atoms with Crippen molar-refractivity contribution in [1.82, 2.24) is 4.57 Å². The van der Waals surface area contributed by atoms with Gasteiger partial charge >= 0.3 is 0 Å². The van der Waals surface area contributed by atoms with E-state index in [2.05, 4.69) is 314 Å². The molecule has 0 amide bonds. The molecule has 1 aromatic heterocycles. The van der Waals surface area contributed by atoms with Gasteiger partial charge in [0.15, 0.2) is 0 Å². The maximum absolute atomic E-state index is 4.32. The van der Waals surface area contributed by atoms with E-state index in [1.54, 1.807) is 0 Å². The fourth-order valence-corrected chi connectivity index (χ4v) is 10.1. The van der Waals surface area contributed by atoms with E-state index in [0.29, 0.717) is 0 Å². The minimum atomic E-state index is 0.827. The molecule has 11 rings (SSSR count). The molecule has 2 heteroatoms. The van der Waals surface area contributed by atoms with Gasteiger partial charge in [0.25, 0.3) is 0 Å². The van der Waals surface area contributed by atoms with Crippen LogP contribution in [0.1, 0.15) is 34.7 Å². The molecule has 0 aliphatic rings. The Morgan fingerprint density at radius 2 is 1.04 bits per heavy atom. The van der Waals surface area contributed by atoms with Crippen molar-refractivity contribution < 1.29 is 0 Å². The number of hydrogen-bond acceptors (Lipinski definition) is 1. The van der Waals surface area contributed by atoms with Gasteiger partial charge in [-0.3, -0.25) is 0 Å². The molecular formula is C72H56N2. The molecule has 0 aliphatic heterocycles. The Hall–Kier alpha value is -9.50. The number of para-hydroxylation sites is 1. The van der Waals surface area contributed by atoms with Crippen LogP contribution in [0.5, 0.6) is 0 Å². The van der Waals surface area contributed by atoms with Gasteiger partial charge in [-0.25, -0.2) is 0 Å². The third kappa shape index (κ3) is 10.0. The fourth-order valence-electron chi connectivity index (χ4n) is 10.1. The zero-order valence-corrected chi connectivity index (χ0v) is 41.6. The van der Waals surface area contributed by atoms with Crippen LogP contribution in [0.25, 0.3) is 66.3 Å². The summed E-state index contributed by atoms with van der Waals surface area (Å²) in [5.41, 5.74) is 19.4. The predicted molar refractivity (Wildman–Crippen MR) is 317 cm³/mol. The van der Waals surface area contributed by atoms with E-state index >= 15 is 0 Å². The highest BCUT2D eigenvalue weighted by molar-refractivity contribution is 6.13. The zero-order chi connectivity index (χ0) is 50.1. The summed E-state index contributed by atoms with van der Waals surface area (Å²) in [5.74, 6) is 0. The SMILES string of the molecule is C=C/C(=C\C(=C/Cc1ccccc1)c1ccccc1)c1ccc(N(c2ccc(-c3ccc(-c4ccccc4)cc3)cc2)c2cccc(/C(=C/C=C\C)c3cn(-c4ccccc4)c4ccc5ccccc5c34)c2)cc1. The Morgan fingerprint density at radius 3 is 1.70 bits per heavy atom. The van der Waals surface area contributed by atoms with Crippen molar-refractivity contribution in [1.29, 1.82) is 0 Å². The highest BCUT2D eigenvalue weighted by Gasteiger charge is 2.20. The standard InChI is InChI=1S/C72H56N2/c1-3-5-32-68(70-52-73(64-29-16-9-17-30-64)71-49-44-61-27-18-19-33-69(61)72(70)71)63-28-20-31-67(51-63)74(66-47-42-60(43-48-66)59-38-36-58(37-39-59)55-23-12-7-13-24-55)65-45-40-57(41-46-65)54(4-2)50-62(56-25-14-8-15-26-56)35-34-53-21-10-6-11-22-53/h3-33,35-52H,2,34H2,1H3/b5-3-,54-50+,62-35+,68-32-. The molecule has 0 saturated heterocycles. The Bertz CT molecular complexity index is 3820. The van der Waals surface area contributed by atoms with Crippen LogP contribution in [0.15, 0.2) is 304 Å². The molecule has 1 heterocycles.